The standard InChI is InChI=1S/C17H17BrN2S/c1-12(13-7-9-15(18)10-8-13)19-17-20-16(11-21-17)14-5-3-2-4-6-14/h2-10,12,16H,11H2,1H3,(H,19,20). The van der Waals surface area contributed by atoms with Gasteiger partial charge in [-0.15, -0.1) is 0 Å². The van der Waals surface area contributed by atoms with Crippen LogP contribution < -0.4 is 5.32 Å². The molecule has 0 aliphatic carbocycles. The number of hydrogen-bond acceptors (Lipinski definition) is 3. The molecule has 2 nitrogen and oxygen atoms in total. The summed E-state index contributed by atoms with van der Waals surface area (Å²) in [5.41, 5.74) is 2.56. The molecule has 2 aromatic rings. The highest BCUT2D eigenvalue weighted by atomic mass is 79.9. The highest BCUT2D eigenvalue weighted by Gasteiger charge is 2.21. The summed E-state index contributed by atoms with van der Waals surface area (Å²) >= 11 is 5.27. The van der Waals surface area contributed by atoms with Crippen LogP contribution in [0.4, 0.5) is 0 Å². The van der Waals surface area contributed by atoms with Crippen LogP contribution in [0.2, 0.25) is 0 Å². The normalized spacial score (nSPS) is 19.1. The molecule has 0 bridgehead atoms. The van der Waals surface area contributed by atoms with Gasteiger partial charge in [-0.3, -0.25) is 4.99 Å². The zero-order chi connectivity index (χ0) is 14.7. The van der Waals surface area contributed by atoms with Gasteiger partial charge in [-0.25, -0.2) is 0 Å². The van der Waals surface area contributed by atoms with E-state index in [-0.39, 0.29) is 12.1 Å². The highest BCUT2D eigenvalue weighted by Crippen LogP contribution is 2.30. The Morgan fingerprint density at radius 2 is 1.86 bits per heavy atom. The van der Waals surface area contributed by atoms with Crippen LogP contribution in [0, 0.1) is 0 Å². The Bertz CT molecular complexity index is 625. The first-order chi connectivity index (χ1) is 10.2. The lowest BCUT2D eigenvalue weighted by molar-refractivity contribution is 0.717. The van der Waals surface area contributed by atoms with E-state index in [0.29, 0.717) is 0 Å². The third kappa shape index (κ3) is 3.69. The average Bonchev–Trinajstić information content (AvgIpc) is 2.97. The number of amidine groups is 1. The first-order valence-electron chi connectivity index (χ1n) is 7.00. The molecule has 2 aromatic carbocycles. The summed E-state index contributed by atoms with van der Waals surface area (Å²) < 4.78 is 1.11. The number of benzene rings is 2. The van der Waals surface area contributed by atoms with Crippen molar-refractivity contribution in [2.45, 2.75) is 19.0 Å². The molecule has 21 heavy (non-hydrogen) atoms. The molecule has 0 saturated heterocycles. The molecule has 2 atom stereocenters. The Morgan fingerprint density at radius 3 is 2.57 bits per heavy atom. The summed E-state index contributed by atoms with van der Waals surface area (Å²) in [7, 11) is 0. The Balaban J connectivity index is 1.67. The number of nitrogens with one attached hydrogen (secondary N) is 1. The Labute approximate surface area is 138 Å². The quantitative estimate of drug-likeness (QED) is 0.837. The van der Waals surface area contributed by atoms with E-state index in [0.717, 1.165) is 15.4 Å². The summed E-state index contributed by atoms with van der Waals surface area (Å²) in [6.45, 7) is 2.17. The van der Waals surface area contributed by atoms with Crippen LogP contribution in [-0.4, -0.2) is 10.9 Å². The summed E-state index contributed by atoms with van der Waals surface area (Å²) in [4.78, 5) is 4.80. The van der Waals surface area contributed by atoms with Crippen LogP contribution in [0.1, 0.15) is 30.1 Å². The third-order valence-corrected chi connectivity index (χ3v) is 5.05. The fourth-order valence-corrected chi connectivity index (χ4v) is 3.63. The molecule has 0 fully saturated rings. The van der Waals surface area contributed by atoms with Crippen LogP contribution in [0.25, 0.3) is 0 Å². The van der Waals surface area contributed by atoms with Crippen molar-refractivity contribution in [1.82, 2.24) is 5.32 Å². The first-order valence-corrected chi connectivity index (χ1v) is 8.78. The number of aliphatic imine (C=N–C) groups is 1. The van der Waals surface area contributed by atoms with Crippen molar-refractivity contribution < 1.29 is 0 Å². The smallest absolute Gasteiger partial charge is 0.157 e. The Kier molecular flexibility index (Phi) is 4.66. The van der Waals surface area contributed by atoms with Crippen molar-refractivity contribution in [2.75, 3.05) is 5.75 Å². The molecule has 1 aliphatic heterocycles. The number of thioether (sulfide) groups is 1. The molecule has 0 radical (unpaired) electrons. The van der Waals surface area contributed by atoms with E-state index in [1.54, 1.807) is 11.8 Å². The van der Waals surface area contributed by atoms with Gasteiger partial charge in [0.2, 0.25) is 0 Å². The van der Waals surface area contributed by atoms with Crippen LogP contribution >= 0.6 is 27.7 Å². The van der Waals surface area contributed by atoms with Gasteiger partial charge in [-0.1, -0.05) is 70.2 Å². The summed E-state index contributed by atoms with van der Waals surface area (Å²) in [5.74, 6) is 1.01. The first kappa shape index (κ1) is 14.7. The molecule has 3 rings (SSSR count). The zero-order valence-corrected chi connectivity index (χ0v) is 14.2. The van der Waals surface area contributed by atoms with Gasteiger partial charge in [-0.2, -0.15) is 0 Å². The number of hydrogen-bond donors (Lipinski definition) is 1. The topological polar surface area (TPSA) is 24.4 Å². The van der Waals surface area contributed by atoms with Gasteiger partial charge in [0.25, 0.3) is 0 Å². The molecular formula is C17H17BrN2S. The molecule has 4 heteroatoms. The fourth-order valence-electron chi connectivity index (χ4n) is 2.32. The van der Waals surface area contributed by atoms with Gasteiger partial charge in [0, 0.05) is 10.2 Å². The maximum absolute atomic E-state index is 4.80. The lowest BCUT2D eigenvalue weighted by Gasteiger charge is -2.14. The van der Waals surface area contributed by atoms with E-state index >= 15 is 0 Å². The minimum Gasteiger partial charge on any atom is -0.358 e. The highest BCUT2D eigenvalue weighted by molar-refractivity contribution is 9.10. The molecule has 0 saturated carbocycles. The zero-order valence-electron chi connectivity index (χ0n) is 11.8. The van der Waals surface area contributed by atoms with E-state index in [4.69, 9.17) is 4.99 Å². The number of rotatable bonds is 3. The van der Waals surface area contributed by atoms with Crippen molar-refractivity contribution in [3.8, 4) is 0 Å². The van der Waals surface area contributed by atoms with Gasteiger partial charge in [0.1, 0.15) is 0 Å². The molecule has 0 amide bonds. The lowest BCUT2D eigenvalue weighted by Crippen LogP contribution is -2.22. The maximum atomic E-state index is 4.80. The Hall–Kier alpha value is -1.26. The molecular weight excluding hydrogens is 344 g/mol. The molecule has 2 unspecified atom stereocenters. The van der Waals surface area contributed by atoms with E-state index < -0.39 is 0 Å². The van der Waals surface area contributed by atoms with Crippen molar-refractivity contribution in [3.05, 3.63) is 70.2 Å². The molecule has 1 aliphatic rings. The van der Waals surface area contributed by atoms with Crippen molar-refractivity contribution in [2.24, 2.45) is 4.99 Å². The SMILES string of the molecule is CC(NC1=NC(c2ccccc2)CS1)c1ccc(Br)cc1. The number of nitrogens with zero attached hydrogens (tertiary/aromatic N) is 1. The monoisotopic (exact) mass is 360 g/mol. The minimum absolute atomic E-state index is 0.263. The molecule has 108 valence electrons. The van der Waals surface area contributed by atoms with Crippen molar-refractivity contribution in [3.63, 3.8) is 0 Å². The second kappa shape index (κ2) is 6.67. The number of halogens is 1. The van der Waals surface area contributed by atoms with E-state index in [2.05, 4.69) is 76.7 Å². The molecule has 1 heterocycles. The minimum atomic E-state index is 0.263. The van der Waals surface area contributed by atoms with E-state index in [1.807, 2.05) is 6.07 Å². The second-order valence-electron chi connectivity index (χ2n) is 5.09. The van der Waals surface area contributed by atoms with E-state index in [1.165, 1.54) is 11.1 Å². The molecule has 1 N–H and O–H groups in total. The summed E-state index contributed by atoms with van der Waals surface area (Å²) in [6, 6.07) is 19.4. The Morgan fingerprint density at radius 1 is 1.14 bits per heavy atom. The van der Waals surface area contributed by atoms with Crippen LogP contribution in [0.3, 0.4) is 0 Å². The third-order valence-electron chi connectivity index (χ3n) is 3.55. The van der Waals surface area contributed by atoms with Crippen LogP contribution in [0.5, 0.6) is 0 Å². The van der Waals surface area contributed by atoms with Gasteiger partial charge in [-0.05, 0) is 30.2 Å². The largest absolute Gasteiger partial charge is 0.358 e. The maximum Gasteiger partial charge on any atom is 0.157 e. The fraction of sp³-hybridized carbons (Fsp3) is 0.235. The van der Waals surface area contributed by atoms with Crippen molar-refractivity contribution >= 4 is 32.9 Å². The second-order valence-corrected chi connectivity index (χ2v) is 7.01. The van der Waals surface area contributed by atoms with Gasteiger partial charge in [0.15, 0.2) is 5.17 Å². The van der Waals surface area contributed by atoms with E-state index in [9.17, 15) is 0 Å². The molecule has 0 spiro atoms. The van der Waals surface area contributed by atoms with Crippen LogP contribution in [-0.2, 0) is 0 Å². The van der Waals surface area contributed by atoms with Crippen molar-refractivity contribution in [1.29, 1.82) is 0 Å². The summed E-state index contributed by atoms with van der Waals surface area (Å²) in [5, 5.41) is 4.55. The molecule has 0 aromatic heterocycles. The van der Waals surface area contributed by atoms with Gasteiger partial charge in [0.05, 0.1) is 12.1 Å². The predicted octanol–water partition coefficient (Wildman–Crippen LogP) is 4.94. The lowest BCUT2D eigenvalue weighted by atomic mass is 10.1. The van der Waals surface area contributed by atoms with Crippen LogP contribution in [0.15, 0.2) is 64.1 Å². The summed E-state index contributed by atoms with van der Waals surface area (Å²) in [6.07, 6.45) is 0. The predicted molar refractivity (Wildman–Crippen MR) is 94.8 cm³/mol. The van der Waals surface area contributed by atoms with Gasteiger partial charge >= 0.3 is 0 Å². The van der Waals surface area contributed by atoms with Gasteiger partial charge < -0.3 is 5.32 Å². The average molecular weight is 361 g/mol.